The van der Waals surface area contributed by atoms with Gasteiger partial charge in [0.05, 0.1) is 26.4 Å². The molecule has 1 aliphatic heterocycles. The Balaban J connectivity index is 1.85. The third-order valence-corrected chi connectivity index (χ3v) is 4.66. The molecule has 5 nitrogen and oxygen atoms in total. The van der Waals surface area contributed by atoms with Crippen LogP contribution in [0.2, 0.25) is 0 Å². The second-order valence-electron chi connectivity index (χ2n) is 6.71. The second kappa shape index (κ2) is 10.1. The Morgan fingerprint density at radius 3 is 1.90 bits per heavy atom. The lowest BCUT2D eigenvalue weighted by molar-refractivity contribution is 0.287. The molecule has 0 fully saturated rings. The minimum atomic E-state index is 0.605. The molecular weight excluding hydrogens is 366 g/mol. The van der Waals surface area contributed by atoms with Gasteiger partial charge in [-0.15, -0.1) is 0 Å². The van der Waals surface area contributed by atoms with Gasteiger partial charge in [0.2, 0.25) is 0 Å². The Labute approximate surface area is 173 Å². The minimum Gasteiger partial charge on any atom is -0.490 e. The summed E-state index contributed by atoms with van der Waals surface area (Å²) in [7, 11) is 0. The first-order chi connectivity index (χ1) is 14.2. The van der Waals surface area contributed by atoms with Crippen LogP contribution in [0.25, 0.3) is 6.08 Å². The van der Waals surface area contributed by atoms with Gasteiger partial charge >= 0.3 is 0 Å². The summed E-state index contributed by atoms with van der Waals surface area (Å²) in [4.78, 5) is 0. The monoisotopic (exact) mass is 397 g/mol. The molecule has 5 heteroatoms. The average Bonchev–Trinajstić information content (AvgIpc) is 2.71. The first-order valence-corrected chi connectivity index (χ1v) is 10.4. The predicted molar refractivity (Wildman–Crippen MR) is 116 cm³/mol. The van der Waals surface area contributed by atoms with Crippen LogP contribution in [0.4, 0.5) is 0 Å². The number of hydrogen-bond donors (Lipinski definition) is 1. The van der Waals surface area contributed by atoms with E-state index in [1.54, 1.807) is 0 Å². The molecule has 0 amide bonds. The summed E-state index contributed by atoms with van der Waals surface area (Å²) in [6, 6.07) is 10.3. The molecule has 2 aromatic rings. The molecule has 3 rings (SSSR count). The Bertz CT molecular complexity index is 860. The summed E-state index contributed by atoms with van der Waals surface area (Å²) < 4.78 is 23.0. The molecule has 0 spiro atoms. The topological polar surface area (TPSA) is 49.0 Å². The molecule has 0 unspecified atom stereocenters. The SMILES string of the molecule is CCOc1ccc(/C=C2\Cc3cc(OCC)c(OCC)cc3CN2)cc1OCC. The zero-order valence-corrected chi connectivity index (χ0v) is 17.8. The molecule has 1 aliphatic rings. The number of benzene rings is 2. The van der Waals surface area contributed by atoms with Crippen molar-refractivity contribution < 1.29 is 18.9 Å². The molecule has 29 heavy (non-hydrogen) atoms. The van der Waals surface area contributed by atoms with Crippen LogP contribution in [0.1, 0.15) is 44.4 Å². The van der Waals surface area contributed by atoms with Crippen LogP contribution in [0.5, 0.6) is 23.0 Å². The van der Waals surface area contributed by atoms with Crippen molar-refractivity contribution in [3.8, 4) is 23.0 Å². The van der Waals surface area contributed by atoms with Gasteiger partial charge in [-0.05, 0) is 74.7 Å². The number of allylic oxidation sites excluding steroid dienone is 1. The van der Waals surface area contributed by atoms with Gasteiger partial charge in [-0.25, -0.2) is 0 Å². The van der Waals surface area contributed by atoms with Crippen LogP contribution in [-0.2, 0) is 13.0 Å². The number of hydrogen-bond acceptors (Lipinski definition) is 5. The fraction of sp³-hybridized carbons (Fsp3) is 0.417. The fourth-order valence-corrected chi connectivity index (χ4v) is 3.45. The van der Waals surface area contributed by atoms with Gasteiger partial charge in [-0.1, -0.05) is 6.07 Å². The number of nitrogens with one attached hydrogen (secondary N) is 1. The summed E-state index contributed by atoms with van der Waals surface area (Å²) in [5, 5.41) is 3.53. The largest absolute Gasteiger partial charge is 0.490 e. The van der Waals surface area contributed by atoms with Crippen molar-refractivity contribution in [1.29, 1.82) is 0 Å². The molecule has 156 valence electrons. The second-order valence-corrected chi connectivity index (χ2v) is 6.71. The van der Waals surface area contributed by atoms with Crippen molar-refractivity contribution in [2.75, 3.05) is 26.4 Å². The van der Waals surface area contributed by atoms with Crippen LogP contribution < -0.4 is 24.3 Å². The Morgan fingerprint density at radius 1 is 0.724 bits per heavy atom. The highest BCUT2D eigenvalue weighted by atomic mass is 16.5. The standard InChI is InChI=1S/C24H31NO4/c1-5-26-21-10-9-17(12-22(21)27-6-2)11-20-13-18-14-23(28-7-3)24(29-8-4)15-19(18)16-25-20/h9-12,14-15,25H,5-8,13,16H2,1-4H3/b20-11+. The van der Waals surface area contributed by atoms with Crippen molar-refractivity contribution in [2.45, 2.75) is 40.7 Å². The van der Waals surface area contributed by atoms with Crippen molar-refractivity contribution >= 4 is 6.08 Å². The molecule has 0 atom stereocenters. The first-order valence-electron chi connectivity index (χ1n) is 10.4. The van der Waals surface area contributed by atoms with E-state index in [0.29, 0.717) is 26.4 Å². The van der Waals surface area contributed by atoms with Gasteiger partial charge in [0.15, 0.2) is 23.0 Å². The Hall–Kier alpha value is -2.82. The fourth-order valence-electron chi connectivity index (χ4n) is 3.45. The van der Waals surface area contributed by atoms with Gasteiger partial charge in [0.1, 0.15) is 0 Å². The van der Waals surface area contributed by atoms with Crippen LogP contribution in [0.15, 0.2) is 36.0 Å². The van der Waals surface area contributed by atoms with E-state index in [2.05, 4.69) is 29.6 Å². The lowest BCUT2D eigenvalue weighted by Crippen LogP contribution is -2.22. The third-order valence-electron chi connectivity index (χ3n) is 4.66. The zero-order valence-electron chi connectivity index (χ0n) is 17.8. The molecule has 0 saturated heterocycles. The molecular formula is C24H31NO4. The summed E-state index contributed by atoms with van der Waals surface area (Å²) >= 11 is 0. The molecule has 1 heterocycles. The highest BCUT2D eigenvalue weighted by Gasteiger charge is 2.17. The minimum absolute atomic E-state index is 0.605. The van der Waals surface area contributed by atoms with Crippen LogP contribution in [0, 0.1) is 0 Å². The number of rotatable bonds is 9. The zero-order chi connectivity index (χ0) is 20.6. The molecule has 0 saturated carbocycles. The number of fused-ring (bicyclic) bond motifs is 1. The van der Waals surface area contributed by atoms with E-state index < -0.39 is 0 Å². The van der Waals surface area contributed by atoms with Crippen molar-refractivity contribution in [3.05, 3.63) is 52.7 Å². The molecule has 2 aromatic carbocycles. The summed E-state index contributed by atoms with van der Waals surface area (Å²) in [6.45, 7) is 11.2. The van der Waals surface area contributed by atoms with E-state index in [9.17, 15) is 0 Å². The normalized spacial score (nSPS) is 14.1. The maximum atomic E-state index is 5.79. The predicted octanol–water partition coefficient (Wildman–Crippen LogP) is 4.97. The van der Waals surface area contributed by atoms with Gasteiger partial charge < -0.3 is 24.3 Å². The van der Waals surface area contributed by atoms with Crippen molar-refractivity contribution in [3.63, 3.8) is 0 Å². The molecule has 0 aliphatic carbocycles. The third kappa shape index (κ3) is 5.17. The van der Waals surface area contributed by atoms with Gasteiger partial charge in [0, 0.05) is 18.7 Å². The van der Waals surface area contributed by atoms with E-state index in [0.717, 1.165) is 47.2 Å². The number of ether oxygens (including phenoxy) is 4. The lowest BCUT2D eigenvalue weighted by atomic mass is 9.97. The molecule has 0 bridgehead atoms. The maximum Gasteiger partial charge on any atom is 0.161 e. The van der Waals surface area contributed by atoms with Crippen molar-refractivity contribution in [1.82, 2.24) is 5.32 Å². The lowest BCUT2D eigenvalue weighted by Gasteiger charge is -2.23. The van der Waals surface area contributed by atoms with Crippen LogP contribution in [-0.4, -0.2) is 26.4 Å². The Kier molecular flexibility index (Phi) is 7.28. The van der Waals surface area contributed by atoms with Crippen LogP contribution >= 0.6 is 0 Å². The highest BCUT2D eigenvalue weighted by Crippen LogP contribution is 2.34. The maximum absolute atomic E-state index is 5.79. The summed E-state index contributed by atoms with van der Waals surface area (Å²) in [5.74, 6) is 3.19. The van der Waals surface area contributed by atoms with E-state index in [1.807, 2.05) is 39.8 Å². The molecule has 1 N–H and O–H groups in total. The van der Waals surface area contributed by atoms with Gasteiger partial charge in [0.25, 0.3) is 0 Å². The first kappa shape index (κ1) is 20.9. The summed E-state index contributed by atoms with van der Waals surface area (Å²) in [6.07, 6.45) is 2.98. The molecule has 0 radical (unpaired) electrons. The molecule has 0 aromatic heterocycles. The Morgan fingerprint density at radius 2 is 1.28 bits per heavy atom. The quantitative estimate of drug-likeness (QED) is 0.647. The summed E-state index contributed by atoms with van der Waals surface area (Å²) in [5.41, 5.74) is 4.75. The van der Waals surface area contributed by atoms with E-state index in [4.69, 9.17) is 18.9 Å². The van der Waals surface area contributed by atoms with Gasteiger partial charge in [-0.3, -0.25) is 0 Å². The van der Waals surface area contributed by atoms with E-state index in [1.165, 1.54) is 11.1 Å². The van der Waals surface area contributed by atoms with E-state index in [-0.39, 0.29) is 0 Å². The van der Waals surface area contributed by atoms with E-state index >= 15 is 0 Å². The highest BCUT2D eigenvalue weighted by molar-refractivity contribution is 5.60. The smallest absolute Gasteiger partial charge is 0.161 e. The van der Waals surface area contributed by atoms with Crippen LogP contribution in [0.3, 0.4) is 0 Å². The van der Waals surface area contributed by atoms with Crippen molar-refractivity contribution in [2.24, 2.45) is 0 Å². The van der Waals surface area contributed by atoms with Gasteiger partial charge in [-0.2, -0.15) is 0 Å². The average molecular weight is 398 g/mol.